The van der Waals surface area contributed by atoms with E-state index in [0.29, 0.717) is 17.9 Å². The molecule has 114 valence electrons. The van der Waals surface area contributed by atoms with Gasteiger partial charge in [-0.05, 0) is 36.8 Å². The Bertz CT molecular complexity index is 685. The smallest absolute Gasteiger partial charge is 0.258 e. The van der Waals surface area contributed by atoms with Crippen LogP contribution in [-0.2, 0) is 11.3 Å². The lowest BCUT2D eigenvalue weighted by Gasteiger charge is -2.08. The summed E-state index contributed by atoms with van der Waals surface area (Å²) < 4.78 is 6.37. The second-order valence-corrected chi connectivity index (χ2v) is 5.70. The maximum Gasteiger partial charge on any atom is 0.258 e. The summed E-state index contributed by atoms with van der Waals surface area (Å²) in [7, 11) is 0. The van der Waals surface area contributed by atoms with Gasteiger partial charge in [0.05, 0.1) is 0 Å². The SMILES string of the molecule is CC(=O)c1cccc(OCC(=O)NCc2cccc(Br)c2)c1. The average Bonchev–Trinajstić information content (AvgIpc) is 2.51. The van der Waals surface area contributed by atoms with Crippen LogP contribution in [0.2, 0.25) is 0 Å². The molecule has 1 amide bonds. The van der Waals surface area contributed by atoms with E-state index in [9.17, 15) is 9.59 Å². The second kappa shape index (κ2) is 7.75. The first kappa shape index (κ1) is 16.2. The summed E-state index contributed by atoms with van der Waals surface area (Å²) in [5, 5.41) is 2.78. The maximum atomic E-state index is 11.8. The highest BCUT2D eigenvalue weighted by Crippen LogP contribution is 2.14. The Labute approximate surface area is 137 Å². The fourth-order valence-electron chi connectivity index (χ4n) is 1.85. The first-order chi connectivity index (χ1) is 10.5. The molecule has 0 spiro atoms. The van der Waals surface area contributed by atoms with Crippen molar-refractivity contribution in [3.05, 3.63) is 64.1 Å². The molecule has 0 bridgehead atoms. The van der Waals surface area contributed by atoms with Gasteiger partial charge >= 0.3 is 0 Å². The van der Waals surface area contributed by atoms with Crippen molar-refractivity contribution in [3.8, 4) is 5.75 Å². The van der Waals surface area contributed by atoms with Crippen LogP contribution in [0.15, 0.2) is 53.0 Å². The minimum atomic E-state index is -0.215. The van der Waals surface area contributed by atoms with Gasteiger partial charge in [0.25, 0.3) is 5.91 Å². The number of halogens is 1. The number of benzene rings is 2. The monoisotopic (exact) mass is 361 g/mol. The molecule has 0 aromatic heterocycles. The number of hydrogen-bond donors (Lipinski definition) is 1. The normalized spacial score (nSPS) is 10.1. The van der Waals surface area contributed by atoms with Gasteiger partial charge in [0.2, 0.25) is 0 Å². The molecule has 22 heavy (non-hydrogen) atoms. The van der Waals surface area contributed by atoms with Crippen LogP contribution in [-0.4, -0.2) is 18.3 Å². The van der Waals surface area contributed by atoms with E-state index in [1.165, 1.54) is 6.92 Å². The van der Waals surface area contributed by atoms with Crippen LogP contribution in [0.25, 0.3) is 0 Å². The molecular formula is C17H16BrNO3. The van der Waals surface area contributed by atoms with Crippen molar-refractivity contribution in [2.24, 2.45) is 0 Å². The number of hydrogen-bond acceptors (Lipinski definition) is 3. The Kier molecular flexibility index (Phi) is 5.72. The molecule has 0 saturated carbocycles. The molecular weight excluding hydrogens is 346 g/mol. The number of ether oxygens (including phenoxy) is 1. The quantitative estimate of drug-likeness (QED) is 0.802. The highest BCUT2D eigenvalue weighted by molar-refractivity contribution is 9.10. The van der Waals surface area contributed by atoms with Crippen molar-refractivity contribution in [3.63, 3.8) is 0 Å². The van der Waals surface area contributed by atoms with Crippen LogP contribution < -0.4 is 10.1 Å². The van der Waals surface area contributed by atoms with Crippen LogP contribution in [0.3, 0.4) is 0 Å². The lowest BCUT2D eigenvalue weighted by Crippen LogP contribution is -2.28. The molecule has 0 aliphatic carbocycles. The topological polar surface area (TPSA) is 55.4 Å². The summed E-state index contributed by atoms with van der Waals surface area (Å²) in [6, 6.07) is 14.5. The summed E-state index contributed by atoms with van der Waals surface area (Å²) in [5.41, 5.74) is 1.56. The van der Waals surface area contributed by atoms with Gasteiger partial charge in [0, 0.05) is 16.6 Å². The van der Waals surface area contributed by atoms with E-state index in [-0.39, 0.29) is 18.3 Å². The van der Waals surface area contributed by atoms with Gasteiger partial charge in [-0.1, -0.05) is 40.2 Å². The van der Waals surface area contributed by atoms with Crippen molar-refractivity contribution in [1.82, 2.24) is 5.32 Å². The second-order valence-electron chi connectivity index (χ2n) is 4.78. The molecule has 5 heteroatoms. The fraction of sp³-hybridized carbons (Fsp3) is 0.176. The number of nitrogens with one attached hydrogen (secondary N) is 1. The van der Waals surface area contributed by atoms with E-state index in [1.807, 2.05) is 24.3 Å². The number of amides is 1. The molecule has 2 aromatic carbocycles. The maximum absolute atomic E-state index is 11.8. The molecule has 2 aromatic rings. The van der Waals surface area contributed by atoms with Gasteiger partial charge < -0.3 is 10.1 Å². The zero-order chi connectivity index (χ0) is 15.9. The lowest BCUT2D eigenvalue weighted by atomic mass is 10.1. The Morgan fingerprint density at radius 3 is 2.64 bits per heavy atom. The zero-order valence-corrected chi connectivity index (χ0v) is 13.7. The van der Waals surface area contributed by atoms with Crippen molar-refractivity contribution >= 4 is 27.6 Å². The summed E-state index contributed by atoms with van der Waals surface area (Å²) in [6.07, 6.45) is 0. The lowest BCUT2D eigenvalue weighted by molar-refractivity contribution is -0.123. The zero-order valence-electron chi connectivity index (χ0n) is 12.1. The fourth-order valence-corrected chi connectivity index (χ4v) is 2.30. The van der Waals surface area contributed by atoms with Gasteiger partial charge in [0.15, 0.2) is 12.4 Å². The summed E-state index contributed by atoms with van der Waals surface area (Å²) >= 11 is 3.38. The molecule has 0 radical (unpaired) electrons. The van der Waals surface area contributed by atoms with Gasteiger partial charge in [-0.25, -0.2) is 0 Å². The van der Waals surface area contributed by atoms with Crippen LogP contribution >= 0.6 is 15.9 Å². The number of ketones is 1. The van der Waals surface area contributed by atoms with Gasteiger partial charge in [-0.3, -0.25) is 9.59 Å². The summed E-state index contributed by atoms with van der Waals surface area (Å²) in [6.45, 7) is 1.84. The van der Waals surface area contributed by atoms with Crippen LogP contribution in [0.1, 0.15) is 22.8 Å². The van der Waals surface area contributed by atoms with Crippen LogP contribution in [0.5, 0.6) is 5.75 Å². The van der Waals surface area contributed by atoms with Crippen molar-refractivity contribution in [2.75, 3.05) is 6.61 Å². The third-order valence-electron chi connectivity index (χ3n) is 2.99. The molecule has 0 heterocycles. The predicted octanol–water partition coefficient (Wildman–Crippen LogP) is 3.35. The van der Waals surface area contributed by atoms with E-state index >= 15 is 0 Å². The number of Topliss-reactive ketones (excluding diaryl/α,β-unsaturated/α-hetero) is 1. The minimum absolute atomic E-state index is 0.0374. The van der Waals surface area contributed by atoms with Crippen LogP contribution in [0, 0.1) is 0 Å². The Morgan fingerprint density at radius 1 is 1.14 bits per heavy atom. The summed E-state index contributed by atoms with van der Waals surface area (Å²) in [4.78, 5) is 23.1. The molecule has 0 aliphatic heterocycles. The Balaban J connectivity index is 1.83. The third kappa shape index (κ3) is 5.00. The van der Waals surface area contributed by atoms with Crippen molar-refractivity contribution in [1.29, 1.82) is 0 Å². The molecule has 0 unspecified atom stereocenters. The van der Waals surface area contributed by atoms with Crippen molar-refractivity contribution in [2.45, 2.75) is 13.5 Å². The Hall–Kier alpha value is -2.14. The van der Waals surface area contributed by atoms with E-state index in [0.717, 1.165) is 10.0 Å². The summed E-state index contributed by atoms with van der Waals surface area (Å²) in [5.74, 6) is 0.253. The molecule has 2 rings (SSSR count). The Morgan fingerprint density at radius 2 is 1.91 bits per heavy atom. The predicted molar refractivity (Wildman–Crippen MR) is 87.9 cm³/mol. The first-order valence-electron chi connectivity index (χ1n) is 6.79. The van der Waals surface area contributed by atoms with E-state index < -0.39 is 0 Å². The number of rotatable bonds is 6. The van der Waals surface area contributed by atoms with Crippen LogP contribution in [0.4, 0.5) is 0 Å². The van der Waals surface area contributed by atoms with E-state index in [1.54, 1.807) is 24.3 Å². The van der Waals surface area contributed by atoms with Gasteiger partial charge in [0.1, 0.15) is 5.75 Å². The third-order valence-corrected chi connectivity index (χ3v) is 3.48. The molecule has 0 saturated heterocycles. The highest BCUT2D eigenvalue weighted by Gasteiger charge is 2.05. The van der Waals surface area contributed by atoms with Gasteiger partial charge in [-0.2, -0.15) is 0 Å². The van der Waals surface area contributed by atoms with Gasteiger partial charge in [-0.15, -0.1) is 0 Å². The highest BCUT2D eigenvalue weighted by atomic mass is 79.9. The van der Waals surface area contributed by atoms with E-state index in [4.69, 9.17) is 4.74 Å². The minimum Gasteiger partial charge on any atom is -0.484 e. The number of carbonyl (C=O) groups is 2. The average molecular weight is 362 g/mol. The first-order valence-corrected chi connectivity index (χ1v) is 7.59. The molecule has 0 atom stereocenters. The molecule has 1 N–H and O–H groups in total. The van der Waals surface area contributed by atoms with E-state index in [2.05, 4.69) is 21.2 Å². The largest absolute Gasteiger partial charge is 0.484 e. The molecule has 0 fully saturated rings. The van der Waals surface area contributed by atoms with Crippen molar-refractivity contribution < 1.29 is 14.3 Å². The number of carbonyl (C=O) groups excluding carboxylic acids is 2. The molecule has 0 aliphatic rings. The standard InChI is InChI=1S/C17H16BrNO3/c1-12(20)14-5-3-7-16(9-14)22-11-17(21)19-10-13-4-2-6-15(18)8-13/h2-9H,10-11H2,1H3,(H,19,21). The molecule has 4 nitrogen and oxygen atoms in total.